The molecule has 2 rings (SSSR count). The van der Waals surface area contributed by atoms with Gasteiger partial charge in [0.2, 0.25) is 5.91 Å². The molecule has 106 valence electrons. The molecule has 0 bridgehead atoms. The maximum Gasteiger partial charge on any atom is 0.244 e. The van der Waals surface area contributed by atoms with E-state index in [4.69, 9.17) is 5.73 Å². The molecule has 0 saturated carbocycles. The first-order valence-corrected chi connectivity index (χ1v) is 6.75. The van der Waals surface area contributed by atoms with Crippen LogP contribution in [0.2, 0.25) is 0 Å². The standard InChI is InChI=1S/C13H23N5O/c1-10-13(14)11(2)18(15-10)9-12(19)17-6-4-5-16(3)7-8-17/h4-9,14H2,1-3H3. The summed E-state index contributed by atoms with van der Waals surface area (Å²) >= 11 is 0. The van der Waals surface area contributed by atoms with Crippen LogP contribution in [-0.4, -0.2) is 58.7 Å². The van der Waals surface area contributed by atoms with Gasteiger partial charge in [0.1, 0.15) is 6.54 Å². The highest BCUT2D eigenvalue weighted by Gasteiger charge is 2.19. The molecule has 1 amide bonds. The maximum absolute atomic E-state index is 12.3. The van der Waals surface area contributed by atoms with Crippen LogP contribution in [0.4, 0.5) is 5.69 Å². The van der Waals surface area contributed by atoms with E-state index in [-0.39, 0.29) is 12.5 Å². The molecule has 0 unspecified atom stereocenters. The van der Waals surface area contributed by atoms with Gasteiger partial charge in [0.25, 0.3) is 0 Å². The molecule has 6 heteroatoms. The Morgan fingerprint density at radius 2 is 2.00 bits per heavy atom. The highest BCUT2D eigenvalue weighted by Crippen LogP contribution is 2.15. The van der Waals surface area contributed by atoms with E-state index in [0.717, 1.165) is 44.0 Å². The summed E-state index contributed by atoms with van der Waals surface area (Å²) in [4.78, 5) is 16.5. The van der Waals surface area contributed by atoms with E-state index in [9.17, 15) is 4.79 Å². The van der Waals surface area contributed by atoms with Gasteiger partial charge in [-0.2, -0.15) is 5.10 Å². The van der Waals surface area contributed by atoms with Gasteiger partial charge in [-0.05, 0) is 33.9 Å². The Hall–Kier alpha value is -1.56. The molecular weight excluding hydrogens is 242 g/mol. The lowest BCUT2D eigenvalue weighted by Gasteiger charge is -2.20. The van der Waals surface area contributed by atoms with Crippen molar-refractivity contribution < 1.29 is 4.79 Å². The highest BCUT2D eigenvalue weighted by molar-refractivity contribution is 5.76. The third kappa shape index (κ3) is 3.07. The summed E-state index contributed by atoms with van der Waals surface area (Å²) in [5, 5.41) is 4.32. The molecule has 1 aliphatic heterocycles. The minimum absolute atomic E-state index is 0.126. The van der Waals surface area contributed by atoms with Gasteiger partial charge < -0.3 is 15.5 Å². The van der Waals surface area contributed by atoms with Crippen LogP contribution in [0.3, 0.4) is 0 Å². The van der Waals surface area contributed by atoms with Crippen LogP contribution in [0.25, 0.3) is 0 Å². The molecule has 2 heterocycles. The monoisotopic (exact) mass is 265 g/mol. The van der Waals surface area contributed by atoms with E-state index in [1.54, 1.807) is 4.68 Å². The number of carbonyl (C=O) groups excluding carboxylic acids is 1. The molecule has 6 nitrogen and oxygen atoms in total. The van der Waals surface area contributed by atoms with Crippen molar-refractivity contribution in [2.45, 2.75) is 26.8 Å². The quantitative estimate of drug-likeness (QED) is 0.832. The van der Waals surface area contributed by atoms with Crippen molar-refractivity contribution in [1.29, 1.82) is 0 Å². The van der Waals surface area contributed by atoms with Crippen LogP contribution in [0, 0.1) is 13.8 Å². The van der Waals surface area contributed by atoms with Crippen LogP contribution in [0.15, 0.2) is 0 Å². The first-order valence-electron chi connectivity index (χ1n) is 6.75. The number of carbonyl (C=O) groups is 1. The number of hydrogen-bond donors (Lipinski definition) is 1. The number of nitrogens with two attached hydrogens (primary N) is 1. The van der Waals surface area contributed by atoms with Crippen LogP contribution in [0.1, 0.15) is 17.8 Å². The van der Waals surface area contributed by atoms with E-state index in [2.05, 4.69) is 17.0 Å². The molecule has 19 heavy (non-hydrogen) atoms. The number of amides is 1. The number of nitrogens with zero attached hydrogens (tertiary/aromatic N) is 4. The lowest BCUT2D eigenvalue weighted by molar-refractivity contribution is -0.131. The van der Waals surface area contributed by atoms with E-state index < -0.39 is 0 Å². The van der Waals surface area contributed by atoms with Crippen molar-refractivity contribution in [3.05, 3.63) is 11.4 Å². The van der Waals surface area contributed by atoms with Crippen molar-refractivity contribution in [2.24, 2.45) is 0 Å². The number of anilines is 1. The second kappa shape index (κ2) is 5.61. The largest absolute Gasteiger partial charge is 0.396 e. The minimum Gasteiger partial charge on any atom is -0.396 e. The summed E-state index contributed by atoms with van der Waals surface area (Å²) in [6.45, 7) is 7.67. The van der Waals surface area contributed by atoms with Gasteiger partial charge in [-0.25, -0.2) is 0 Å². The summed E-state index contributed by atoms with van der Waals surface area (Å²) in [6.07, 6.45) is 1.03. The van der Waals surface area contributed by atoms with Gasteiger partial charge in [0.05, 0.1) is 17.1 Å². The third-order valence-electron chi connectivity index (χ3n) is 3.79. The molecule has 0 radical (unpaired) electrons. The summed E-state index contributed by atoms with van der Waals surface area (Å²) < 4.78 is 1.71. The van der Waals surface area contributed by atoms with E-state index >= 15 is 0 Å². The molecule has 0 atom stereocenters. The molecule has 1 fully saturated rings. The topological polar surface area (TPSA) is 67.4 Å². The highest BCUT2D eigenvalue weighted by atomic mass is 16.2. The summed E-state index contributed by atoms with van der Waals surface area (Å²) in [5.41, 5.74) is 8.23. The molecule has 1 aliphatic rings. The molecule has 2 N–H and O–H groups in total. The first-order chi connectivity index (χ1) is 8.99. The van der Waals surface area contributed by atoms with Gasteiger partial charge in [-0.1, -0.05) is 0 Å². The predicted molar refractivity (Wildman–Crippen MR) is 74.8 cm³/mol. The Labute approximate surface area is 114 Å². The number of likely N-dealkylation sites (N-methyl/N-ethyl adjacent to an activating group) is 1. The fourth-order valence-corrected chi connectivity index (χ4v) is 2.39. The Morgan fingerprint density at radius 3 is 2.63 bits per heavy atom. The predicted octanol–water partition coefficient (Wildman–Crippen LogP) is 0.246. The molecule has 1 aromatic rings. The van der Waals surface area contributed by atoms with E-state index in [1.165, 1.54) is 0 Å². The normalized spacial score (nSPS) is 17.5. The van der Waals surface area contributed by atoms with Crippen molar-refractivity contribution in [3.8, 4) is 0 Å². The van der Waals surface area contributed by atoms with Gasteiger partial charge in [0.15, 0.2) is 0 Å². The zero-order chi connectivity index (χ0) is 14.0. The Bertz CT molecular complexity index is 468. The lowest BCUT2D eigenvalue weighted by Crippen LogP contribution is -2.37. The zero-order valence-corrected chi connectivity index (χ0v) is 12.0. The zero-order valence-electron chi connectivity index (χ0n) is 12.0. The Morgan fingerprint density at radius 1 is 1.26 bits per heavy atom. The van der Waals surface area contributed by atoms with Gasteiger partial charge >= 0.3 is 0 Å². The number of aryl methyl sites for hydroxylation is 1. The van der Waals surface area contributed by atoms with Crippen LogP contribution >= 0.6 is 0 Å². The molecule has 0 spiro atoms. The summed E-state index contributed by atoms with van der Waals surface area (Å²) in [5.74, 6) is 0.126. The maximum atomic E-state index is 12.3. The number of rotatable bonds is 2. The van der Waals surface area contributed by atoms with E-state index in [0.29, 0.717) is 5.69 Å². The fraction of sp³-hybridized carbons (Fsp3) is 0.692. The minimum atomic E-state index is 0.126. The van der Waals surface area contributed by atoms with Gasteiger partial charge in [-0.3, -0.25) is 9.48 Å². The molecule has 0 aliphatic carbocycles. The van der Waals surface area contributed by atoms with E-state index in [1.807, 2.05) is 18.7 Å². The van der Waals surface area contributed by atoms with Crippen LogP contribution in [-0.2, 0) is 11.3 Å². The molecular formula is C13H23N5O. The lowest BCUT2D eigenvalue weighted by atomic mass is 10.3. The second-order valence-electron chi connectivity index (χ2n) is 5.28. The van der Waals surface area contributed by atoms with Crippen LogP contribution in [0.5, 0.6) is 0 Å². The Balaban J connectivity index is 2.02. The fourth-order valence-electron chi connectivity index (χ4n) is 2.39. The van der Waals surface area contributed by atoms with Crippen LogP contribution < -0.4 is 5.73 Å². The summed E-state index contributed by atoms with van der Waals surface area (Å²) in [7, 11) is 2.09. The van der Waals surface area contributed by atoms with Gasteiger partial charge in [0, 0.05) is 19.6 Å². The number of aromatic nitrogens is 2. The smallest absolute Gasteiger partial charge is 0.244 e. The average molecular weight is 265 g/mol. The Kier molecular flexibility index (Phi) is 4.09. The first kappa shape index (κ1) is 13.9. The van der Waals surface area contributed by atoms with Crippen molar-refractivity contribution in [3.63, 3.8) is 0 Å². The summed E-state index contributed by atoms with van der Waals surface area (Å²) in [6, 6.07) is 0. The van der Waals surface area contributed by atoms with Crippen molar-refractivity contribution in [2.75, 3.05) is 39.0 Å². The number of nitrogen functional groups attached to an aromatic ring is 1. The average Bonchev–Trinajstić information content (AvgIpc) is 2.58. The molecule has 0 aromatic carbocycles. The third-order valence-corrected chi connectivity index (χ3v) is 3.79. The van der Waals surface area contributed by atoms with Crippen molar-refractivity contribution in [1.82, 2.24) is 19.6 Å². The second-order valence-corrected chi connectivity index (χ2v) is 5.28. The molecule has 1 aromatic heterocycles. The van der Waals surface area contributed by atoms with Gasteiger partial charge in [-0.15, -0.1) is 0 Å². The van der Waals surface area contributed by atoms with Crippen molar-refractivity contribution >= 4 is 11.6 Å². The SMILES string of the molecule is Cc1nn(CC(=O)N2CCCN(C)CC2)c(C)c1N. The molecule has 1 saturated heterocycles. The number of hydrogen-bond acceptors (Lipinski definition) is 4.